The van der Waals surface area contributed by atoms with E-state index in [0.717, 1.165) is 0 Å². The predicted molar refractivity (Wildman–Crippen MR) is 80.8 cm³/mol. The summed E-state index contributed by atoms with van der Waals surface area (Å²) in [6.07, 6.45) is 0. The molecule has 0 unspecified atom stereocenters. The number of hydrogen-bond acceptors (Lipinski definition) is 3. The molecule has 0 aliphatic carbocycles. The van der Waals surface area contributed by atoms with Crippen LogP contribution >= 0.6 is 15.9 Å². The summed E-state index contributed by atoms with van der Waals surface area (Å²) in [4.78, 5) is 25.7. The number of halogens is 1. The lowest BCUT2D eigenvalue weighted by Gasteiger charge is -2.17. The van der Waals surface area contributed by atoms with E-state index in [0.29, 0.717) is 26.9 Å². The number of nitrogens with zero attached hydrogens (tertiary/aromatic N) is 2. The number of carbonyl (C=O) groups excluding carboxylic acids is 2. The summed E-state index contributed by atoms with van der Waals surface area (Å²) in [5.74, 6) is -1.09. The van der Waals surface area contributed by atoms with E-state index in [-0.39, 0.29) is 6.54 Å². The van der Waals surface area contributed by atoms with Crippen molar-refractivity contribution in [3.05, 3.63) is 63.6 Å². The number of Topliss-reactive ketones (excluding diaryl/α,β-unsaturated/α-hetero) is 1. The molecule has 1 aliphatic rings. The lowest BCUT2D eigenvalue weighted by atomic mass is 10.1. The van der Waals surface area contributed by atoms with Gasteiger partial charge in [0.2, 0.25) is 0 Å². The molecule has 0 saturated carbocycles. The van der Waals surface area contributed by atoms with Gasteiger partial charge in [0.05, 0.1) is 29.4 Å². The number of carbonyl (C=O) groups is 2. The molecule has 1 aliphatic heterocycles. The molecule has 5 heteroatoms. The second-order valence-corrected chi connectivity index (χ2v) is 5.48. The molecule has 1 heterocycles. The maximum Gasteiger partial charge on any atom is 0.299 e. The van der Waals surface area contributed by atoms with E-state index in [2.05, 4.69) is 22.0 Å². The van der Waals surface area contributed by atoms with Crippen LogP contribution in [0.4, 0.5) is 5.69 Å². The average molecular weight is 341 g/mol. The lowest BCUT2D eigenvalue weighted by molar-refractivity contribution is -0.114. The maximum atomic E-state index is 12.2. The third kappa shape index (κ3) is 2.14. The summed E-state index contributed by atoms with van der Waals surface area (Å²) in [5.41, 5.74) is 2.18. The van der Waals surface area contributed by atoms with Gasteiger partial charge < -0.3 is 4.90 Å². The van der Waals surface area contributed by atoms with Crippen LogP contribution in [0.3, 0.4) is 0 Å². The normalized spacial score (nSPS) is 13.2. The molecule has 2 aromatic rings. The van der Waals surface area contributed by atoms with Crippen molar-refractivity contribution in [2.75, 3.05) is 4.90 Å². The van der Waals surface area contributed by atoms with Gasteiger partial charge in [-0.05, 0) is 39.7 Å². The molecule has 0 N–H and O–H groups in total. The number of ketones is 1. The van der Waals surface area contributed by atoms with E-state index in [4.69, 9.17) is 5.26 Å². The number of benzene rings is 2. The Balaban J connectivity index is 2.06. The van der Waals surface area contributed by atoms with Crippen LogP contribution in [-0.2, 0) is 11.3 Å². The summed E-state index contributed by atoms with van der Waals surface area (Å²) >= 11 is 3.30. The zero-order valence-corrected chi connectivity index (χ0v) is 12.4. The first-order valence-electron chi connectivity index (χ1n) is 6.26. The number of anilines is 1. The first-order chi connectivity index (χ1) is 10.1. The lowest BCUT2D eigenvalue weighted by Crippen LogP contribution is -2.29. The van der Waals surface area contributed by atoms with E-state index < -0.39 is 11.7 Å². The summed E-state index contributed by atoms with van der Waals surface area (Å²) in [7, 11) is 0. The summed E-state index contributed by atoms with van der Waals surface area (Å²) < 4.78 is 0.606. The van der Waals surface area contributed by atoms with Gasteiger partial charge >= 0.3 is 0 Å². The SMILES string of the molecule is N#Cc1ccccc1CN1C(=O)C(=O)c2c(Br)cccc21. The van der Waals surface area contributed by atoms with Gasteiger partial charge in [-0.2, -0.15) is 5.26 Å². The Bertz CT molecular complexity index is 808. The van der Waals surface area contributed by atoms with Crippen LogP contribution in [-0.4, -0.2) is 11.7 Å². The Hall–Kier alpha value is -2.45. The topological polar surface area (TPSA) is 61.2 Å². The van der Waals surface area contributed by atoms with Gasteiger partial charge in [-0.25, -0.2) is 0 Å². The van der Waals surface area contributed by atoms with Crippen LogP contribution in [0.2, 0.25) is 0 Å². The number of fused-ring (bicyclic) bond motifs is 1. The highest BCUT2D eigenvalue weighted by Gasteiger charge is 2.37. The Kier molecular flexibility index (Phi) is 3.32. The average Bonchev–Trinajstić information content (AvgIpc) is 2.74. The molecule has 0 aromatic heterocycles. The number of hydrogen-bond donors (Lipinski definition) is 0. The zero-order valence-electron chi connectivity index (χ0n) is 10.8. The monoisotopic (exact) mass is 340 g/mol. The molecule has 21 heavy (non-hydrogen) atoms. The van der Waals surface area contributed by atoms with Crippen molar-refractivity contribution in [1.29, 1.82) is 5.26 Å². The molecule has 0 bridgehead atoms. The zero-order chi connectivity index (χ0) is 15.0. The van der Waals surface area contributed by atoms with Crippen LogP contribution in [0.1, 0.15) is 21.5 Å². The maximum absolute atomic E-state index is 12.2. The molecule has 4 nitrogen and oxygen atoms in total. The Morgan fingerprint density at radius 2 is 1.86 bits per heavy atom. The predicted octanol–water partition coefficient (Wildman–Crippen LogP) is 3.05. The van der Waals surface area contributed by atoms with Crippen molar-refractivity contribution in [2.45, 2.75) is 6.54 Å². The number of nitriles is 1. The van der Waals surface area contributed by atoms with Gasteiger partial charge in [-0.3, -0.25) is 9.59 Å². The molecule has 102 valence electrons. The highest BCUT2D eigenvalue weighted by atomic mass is 79.9. The molecule has 2 aromatic carbocycles. The van der Waals surface area contributed by atoms with Crippen molar-refractivity contribution in [1.82, 2.24) is 0 Å². The Morgan fingerprint density at radius 3 is 2.62 bits per heavy atom. The van der Waals surface area contributed by atoms with Gasteiger partial charge in [-0.15, -0.1) is 0 Å². The van der Waals surface area contributed by atoms with Gasteiger partial charge in [0.25, 0.3) is 11.7 Å². The highest BCUT2D eigenvalue weighted by molar-refractivity contribution is 9.10. The third-order valence-corrected chi connectivity index (χ3v) is 4.08. The molecule has 0 fully saturated rings. The summed E-state index contributed by atoms with van der Waals surface area (Å²) in [6.45, 7) is 0.206. The third-order valence-electron chi connectivity index (χ3n) is 3.42. The fourth-order valence-electron chi connectivity index (χ4n) is 2.40. The smallest absolute Gasteiger partial charge is 0.299 e. The Morgan fingerprint density at radius 1 is 1.10 bits per heavy atom. The number of amides is 1. The molecule has 0 saturated heterocycles. The van der Waals surface area contributed by atoms with E-state index in [1.165, 1.54) is 4.90 Å². The molecular weight excluding hydrogens is 332 g/mol. The van der Waals surface area contributed by atoms with Crippen molar-refractivity contribution in [2.24, 2.45) is 0 Å². The largest absolute Gasteiger partial charge is 0.300 e. The molecule has 0 spiro atoms. The Labute approximate surface area is 129 Å². The molecular formula is C16H9BrN2O2. The van der Waals surface area contributed by atoms with E-state index in [1.807, 2.05) is 0 Å². The molecule has 0 radical (unpaired) electrons. The van der Waals surface area contributed by atoms with Gasteiger partial charge in [0.15, 0.2) is 0 Å². The second-order valence-electron chi connectivity index (χ2n) is 4.62. The van der Waals surface area contributed by atoms with Crippen molar-refractivity contribution >= 4 is 33.3 Å². The van der Waals surface area contributed by atoms with E-state index in [1.54, 1.807) is 42.5 Å². The van der Waals surface area contributed by atoms with Gasteiger partial charge in [0.1, 0.15) is 0 Å². The van der Waals surface area contributed by atoms with E-state index >= 15 is 0 Å². The first-order valence-corrected chi connectivity index (χ1v) is 7.05. The van der Waals surface area contributed by atoms with E-state index in [9.17, 15) is 9.59 Å². The fourth-order valence-corrected chi connectivity index (χ4v) is 2.93. The summed E-state index contributed by atoms with van der Waals surface area (Å²) in [6, 6.07) is 14.4. The highest BCUT2D eigenvalue weighted by Crippen LogP contribution is 2.35. The minimum atomic E-state index is -0.565. The van der Waals surface area contributed by atoms with Crippen LogP contribution in [0, 0.1) is 11.3 Å². The second kappa shape index (κ2) is 5.15. The molecule has 0 atom stereocenters. The minimum absolute atomic E-state index is 0.206. The van der Waals surface area contributed by atoms with Crippen LogP contribution in [0.5, 0.6) is 0 Å². The standard InChI is InChI=1S/C16H9BrN2O2/c17-12-6-3-7-13-14(12)15(20)16(21)19(13)9-11-5-2-1-4-10(11)8-18/h1-7H,9H2. The molecule has 1 amide bonds. The molecule has 3 rings (SSSR count). The fraction of sp³-hybridized carbons (Fsp3) is 0.0625. The van der Waals surface area contributed by atoms with Crippen molar-refractivity contribution in [3.8, 4) is 6.07 Å². The van der Waals surface area contributed by atoms with Crippen LogP contribution in [0.15, 0.2) is 46.9 Å². The summed E-state index contributed by atoms with van der Waals surface area (Å²) in [5, 5.41) is 9.12. The van der Waals surface area contributed by atoms with Crippen LogP contribution < -0.4 is 4.90 Å². The first kappa shape index (κ1) is 13.5. The van der Waals surface area contributed by atoms with Crippen molar-refractivity contribution in [3.63, 3.8) is 0 Å². The number of rotatable bonds is 2. The quantitative estimate of drug-likeness (QED) is 0.789. The van der Waals surface area contributed by atoms with Crippen LogP contribution in [0.25, 0.3) is 0 Å². The van der Waals surface area contributed by atoms with Crippen molar-refractivity contribution < 1.29 is 9.59 Å². The van der Waals surface area contributed by atoms with Gasteiger partial charge in [0, 0.05) is 4.47 Å². The minimum Gasteiger partial charge on any atom is -0.300 e. The van der Waals surface area contributed by atoms with Gasteiger partial charge in [-0.1, -0.05) is 24.3 Å².